The lowest BCUT2D eigenvalue weighted by Crippen LogP contribution is -2.37. The quantitative estimate of drug-likeness (QED) is 0.0160. The van der Waals surface area contributed by atoms with E-state index in [2.05, 4.69) is 140 Å². The predicted molar refractivity (Wildman–Crippen MR) is 517 cm³/mol. The molecule has 132 heavy (non-hydrogen) atoms. The molecule has 4 aromatic heterocycles. The topological polar surface area (TPSA) is 475 Å². The highest BCUT2D eigenvalue weighted by atomic mass is 35.5. The van der Waals surface area contributed by atoms with Crippen molar-refractivity contribution in [1.29, 1.82) is 0 Å². The number of nitrogens with zero attached hydrogens (tertiary/aromatic N) is 21. The van der Waals surface area contributed by atoms with Crippen molar-refractivity contribution in [2.45, 2.75) is 54.4 Å². The number of nitrogens with one attached hydrogen (secondary N) is 8. The number of hydrogen-bond acceptors (Lipinski definition) is 39. The van der Waals surface area contributed by atoms with E-state index in [-0.39, 0.29) is 54.9 Å². The van der Waals surface area contributed by atoms with E-state index in [1.165, 1.54) is 42.3 Å². The van der Waals surface area contributed by atoms with E-state index >= 15 is 0 Å². The van der Waals surface area contributed by atoms with Gasteiger partial charge in [-0.15, -0.1) is 0 Å². The van der Waals surface area contributed by atoms with Gasteiger partial charge in [0.25, 0.3) is 0 Å². The molecule has 0 saturated carbocycles. The Bertz CT molecular complexity index is 5990. The van der Waals surface area contributed by atoms with Crippen molar-refractivity contribution >= 4 is 159 Å². The molecular weight excluding hydrogens is 1750 g/mol. The molecule has 0 amide bonds. The smallest absolute Gasteiger partial charge is 0.250 e. The van der Waals surface area contributed by atoms with Crippen molar-refractivity contribution in [3.05, 3.63) is 233 Å². The number of rotatable bonds is 28. The number of aliphatic hydroxyl groups is 3. The molecule has 4 saturated heterocycles. The molecule has 12 aromatic rings. The normalized spacial score (nSPS) is 13.9. The lowest BCUT2D eigenvalue weighted by Gasteiger charge is -2.27. The predicted octanol–water partition coefficient (Wildman–Crippen LogP) is 12.8. The van der Waals surface area contributed by atoms with Crippen LogP contribution in [0.15, 0.2) is 172 Å². The number of aryl methyl sites for hydroxylation is 5. The Balaban J connectivity index is 0.000000150. The van der Waals surface area contributed by atoms with Crippen molar-refractivity contribution in [1.82, 2.24) is 59.8 Å². The maximum atomic E-state index is 10.3. The molecule has 4 aliphatic rings. The largest absolute Gasteiger partial charge is 0.508 e. The summed E-state index contributed by atoms with van der Waals surface area (Å²) < 4.78 is 21.7. The van der Waals surface area contributed by atoms with Crippen LogP contribution < -0.4 is 67.5 Å². The summed E-state index contributed by atoms with van der Waals surface area (Å²) in [6, 6.07) is 46.7. The van der Waals surface area contributed by atoms with Gasteiger partial charge in [0.05, 0.1) is 97.5 Å². The molecule has 4 fully saturated rings. The Morgan fingerprint density at radius 3 is 1.15 bits per heavy atom. The van der Waals surface area contributed by atoms with Crippen LogP contribution in [0.1, 0.15) is 66.8 Å². The van der Waals surface area contributed by atoms with Crippen LogP contribution in [-0.2, 0) is 38.8 Å². The molecular formula is C90H102Cl3N29O10. The maximum Gasteiger partial charge on any atom is 0.250 e. The third-order valence-electron chi connectivity index (χ3n) is 20.2. The summed E-state index contributed by atoms with van der Waals surface area (Å²) in [5.41, 5.74) is 24.7. The second kappa shape index (κ2) is 47.4. The fourth-order valence-electron chi connectivity index (χ4n) is 13.0. The van der Waals surface area contributed by atoms with Crippen molar-refractivity contribution in [2.75, 3.05) is 187 Å². The van der Waals surface area contributed by atoms with E-state index in [1.807, 2.05) is 160 Å². The molecule has 0 spiro atoms. The molecule has 0 radical (unpaired) electrons. The van der Waals surface area contributed by atoms with Crippen molar-refractivity contribution < 1.29 is 49.6 Å². The third kappa shape index (κ3) is 28.2. The number of hydrogen-bond donors (Lipinski definition) is 14. The number of anilines is 17. The molecule has 4 aliphatic heterocycles. The van der Waals surface area contributed by atoms with Gasteiger partial charge in [-0.3, -0.25) is 0 Å². The molecule has 16 rings (SSSR count). The molecule has 8 aromatic carbocycles. The minimum absolute atomic E-state index is 0.0390. The fourth-order valence-corrected chi connectivity index (χ4v) is 13.7. The van der Waals surface area contributed by atoms with E-state index in [0.717, 1.165) is 69.3 Å². The Labute approximate surface area is 776 Å². The van der Waals surface area contributed by atoms with Gasteiger partial charge in [0.1, 0.15) is 17.2 Å². The van der Waals surface area contributed by atoms with Gasteiger partial charge in [0.2, 0.25) is 71.4 Å². The highest BCUT2D eigenvalue weighted by Crippen LogP contribution is 2.32. The fraction of sp³-hybridized carbons (Fsp3) is 0.289. The minimum atomic E-state index is -0.352. The first-order chi connectivity index (χ1) is 64.0. The monoisotopic (exact) mass is 1850 g/mol. The lowest BCUT2D eigenvalue weighted by molar-refractivity contribution is 0.122. The molecule has 14 N–H and O–H groups in total. The zero-order valence-electron chi connectivity index (χ0n) is 73.5. The SMILES string of the molecule is Cc1ccc(C)c(Nc2nc(N/N=C/c3cc(Cl)cc(CO)c3O)nc(N3CCOCC3)n2)c1.Cc1ccc(Nc2nc(N/N=C/c3cc(Cl)cc(CO)c3O)nc(N3CCOCC3)n2)cc1Cl.Cc1ccc(Nc2nc(N/N=C/c3ccc(N(C)C)cc3)nc(N3CCOCC3)n2)cc1.Cc1cccc(Nc2nc(N/N=C/c3ccc(O)c(CO)c3)nc(N3CCOCC3)n2)c1. The molecule has 39 nitrogen and oxygen atoms in total. The van der Waals surface area contributed by atoms with Crippen LogP contribution in [0.3, 0.4) is 0 Å². The van der Waals surface area contributed by atoms with Crippen LogP contribution in [0.4, 0.5) is 99.8 Å². The zero-order chi connectivity index (χ0) is 92.8. The molecule has 0 bridgehead atoms. The summed E-state index contributed by atoms with van der Waals surface area (Å²) >= 11 is 18.4. The number of morpholine rings is 4. The second-order valence-electron chi connectivity index (χ2n) is 30.4. The number of aromatic nitrogens is 12. The van der Waals surface area contributed by atoms with Gasteiger partial charge < -0.3 is 95.4 Å². The number of phenols is 3. The van der Waals surface area contributed by atoms with Gasteiger partial charge in [-0.05, 0) is 165 Å². The van der Waals surface area contributed by atoms with Crippen molar-refractivity contribution in [3.8, 4) is 17.2 Å². The average molecular weight is 1860 g/mol. The molecule has 42 heteroatoms. The van der Waals surface area contributed by atoms with Crippen LogP contribution in [0.5, 0.6) is 17.2 Å². The summed E-state index contributed by atoms with van der Waals surface area (Å²) in [6.45, 7) is 19.4. The molecule has 688 valence electrons. The van der Waals surface area contributed by atoms with Gasteiger partial charge in [-0.1, -0.05) is 95.0 Å². The van der Waals surface area contributed by atoms with E-state index in [1.54, 1.807) is 36.7 Å². The first kappa shape index (κ1) is 95.5. The van der Waals surface area contributed by atoms with Crippen LogP contribution in [0.2, 0.25) is 15.1 Å². The van der Waals surface area contributed by atoms with Gasteiger partial charge in [0.15, 0.2) is 0 Å². The van der Waals surface area contributed by atoms with Crippen molar-refractivity contribution in [2.24, 2.45) is 20.4 Å². The standard InChI is InChI=1S/C23H26ClN7O3.C23H28N8O.C22H23Cl2N7O3.C22H25N7O3/c1-14-3-4-15(2)19(9-14)26-21-27-22(29-23(28-21)31-5-7-34-8-6-31)30-25-12-16-10-18(24)11-17(13-32)20(16)33;1-17-4-8-19(9-5-17)25-21-26-22(28-23(27-21)31-12-14-32-15-13-31)29-24-16-18-6-10-20(11-7-18)30(2)3;1-13-2-3-17(10-18(13)24)26-20-27-21(29-22(28-20)31-4-6-34-7-5-31)30-25-11-14-8-16(23)9-15(12-32)19(14)33;1-15-3-2-4-18(11-15)24-20-25-21(27-22(26-20)29-7-9-32-10-8-29)28-23-13-16-5-6-19(31)17(12-16)14-30/h3-4,9-12,32-33H,5-8,13H2,1-2H3,(H2,26,27,28,29,30);4-11,16H,12-15H2,1-3H3,(H2,25,26,27,28,29);2-3,8-11,32-33H,4-7,12H2,1H3,(H2,26,27,28,29,30);2-6,11-13,30-31H,7-10,14H2,1H3,(H2,24,25,26,27,28)/b25-12+;24-16+;25-11+;23-13+. The minimum Gasteiger partial charge on any atom is -0.508 e. The third-order valence-corrected chi connectivity index (χ3v) is 21.0. The van der Waals surface area contributed by atoms with E-state index in [4.69, 9.17) is 53.8 Å². The van der Waals surface area contributed by atoms with Crippen molar-refractivity contribution in [3.63, 3.8) is 0 Å². The average Bonchev–Trinajstić information content (AvgIpc) is 0.836. The number of aromatic hydroxyl groups is 3. The number of ether oxygens (including phenoxy) is 4. The van der Waals surface area contributed by atoms with Crippen LogP contribution in [-0.4, -0.2) is 235 Å². The Morgan fingerprint density at radius 1 is 0.356 bits per heavy atom. The maximum absolute atomic E-state index is 10.3. The molecule has 8 heterocycles. The highest BCUT2D eigenvalue weighted by Gasteiger charge is 2.23. The van der Waals surface area contributed by atoms with E-state index in [0.29, 0.717) is 194 Å². The summed E-state index contributed by atoms with van der Waals surface area (Å²) in [6.07, 6.45) is 6.05. The first-order valence-electron chi connectivity index (χ1n) is 42.0. The summed E-state index contributed by atoms with van der Waals surface area (Å²) in [5.74, 6) is 4.52. The number of benzene rings is 8. The molecule has 0 unspecified atom stereocenters. The Kier molecular flexibility index (Phi) is 34.3. The summed E-state index contributed by atoms with van der Waals surface area (Å²) in [7, 11) is 4.03. The second-order valence-corrected chi connectivity index (χ2v) is 31.7. The van der Waals surface area contributed by atoms with E-state index < -0.39 is 0 Å². The number of halogens is 3. The summed E-state index contributed by atoms with van der Waals surface area (Å²) in [4.78, 5) is 64.3. The lowest BCUT2D eigenvalue weighted by atomic mass is 10.1. The van der Waals surface area contributed by atoms with Crippen LogP contribution in [0, 0.1) is 34.6 Å². The first-order valence-corrected chi connectivity index (χ1v) is 43.2. The van der Waals surface area contributed by atoms with Gasteiger partial charge in [-0.25, -0.2) is 21.7 Å². The number of hydrazone groups is 4. The van der Waals surface area contributed by atoms with E-state index in [9.17, 15) is 30.6 Å². The summed E-state index contributed by atoms with van der Waals surface area (Å²) in [5, 5.41) is 89.4. The van der Waals surface area contributed by atoms with Gasteiger partial charge >= 0.3 is 0 Å². The highest BCUT2D eigenvalue weighted by molar-refractivity contribution is 6.32. The number of aliphatic hydroxyl groups excluding tert-OH is 3. The van der Waals surface area contributed by atoms with Crippen LogP contribution in [0.25, 0.3) is 0 Å². The van der Waals surface area contributed by atoms with Gasteiger partial charge in [0, 0.05) is 138 Å². The van der Waals surface area contributed by atoms with Crippen LogP contribution >= 0.6 is 34.8 Å². The van der Waals surface area contributed by atoms with Gasteiger partial charge in [-0.2, -0.15) is 80.2 Å². The molecule has 0 aliphatic carbocycles. The zero-order valence-corrected chi connectivity index (χ0v) is 75.8. The Hall–Kier alpha value is -14.1. The molecule has 0 atom stereocenters. The Morgan fingerprint density at radius 2 is 0.727 bits per heavy atom.